The van der Waals surface area contributed by atoms with Crippen molar-refractivity contribution in [3.8, 4) is 11.1 Å². The minimum Gasteiger partial charge on any atom is -0.397 e. The zero-order valence-electron chi connectivity index (χ0n) is 19.3. The summed E-state index contributed by atoms with van der Waals surface area (Å²) in [5.74, 6) is 6.14. The number of pyridine rings is 1. The largest absolute Gasteiger partial charge is 0.397 e. The molecule has 34 heavy (non-hydrogen) atoms. The fourth-order valence-corrected chi connectivity index (χ4v) is 3.88. The van der Waals surface area contributed by atoms with Gasteiger partial charge in [-0.25, -0.2) is 5.84 Å². The normalized spacial score (nSPS) is 11.4. The number of nitrogens with one attached hydrogen (secondary N) is 1. The molecule has 0 saturated heterocycles. The third-order valence-electron chi connectivity index (χ3n) is 5.70. The summed E-state index contributed by atoms with van der Waals surface area (Å²) in [4.78, 5) is 4.09. The molecule has 4 aromatic rings. The Bertz CT molecular complexity index is 1190. The van der Waals surface area contributed by atoms with Gasteiger partial charge in [0.25, 0.3) is 0 Å². The van der Waals surface area contributed by atoms with Crippen molar-refractivity contribution in [3.63, 3.8) is 0 Å². The van der Waals surface area contributed by atoms with Gasteiger partial charge in [0.05, 0.1) is 12.2 Å². The highest BCUT2D eigenvalue weighted by Gasteiger charge is 2.04. The summed E-state index contributed by atoms with van der Waals surface area (Å²) in [6, 6.07) is 31.4. The van der Waals surface area contributed by atoms with Crippen LogP contribution >= 0.6 is 0 Å². The van der Waals surface area contributed by atoms with Gasteiger partial charge in [-0.3, -0.25) is 4.98 Å². The molecule has 0 atom stereocenters. The predicted octanol–water partition coefficient (Wildman–Crippen LogP) is 4.71. The minimum atomic E-state index is 0.579. The van der Waals surface area contributed by atoms with Crippen molar-refractivity contribution < 1.29 is 0 Å². The van der Waals surface area contributed by atoms with Crippen LogP contribution in [0, 0.1) is 0 Å². The van der Waals surface area contributed by atoms with E-state index in [0.717, 1.165) is 30.6 Å². The van der Waals surface area contributed by atoms with Gasteiger partial charge in [-0.1, -0.05) is 78.9 Å². The Hall–Kier alpha value is -3.93. The second-order valence-electron chi connectivity index (χ2n) is 8.26. The molecule has 0 aliphatic heterocycles. The predicted molar refractivity (Wildman–Crippen MR) is 140 cm³/mol. The Morgan fingerprint density at radius 3 is 2.35 bits per heavy atom. The zero-order chi connectivity index (χ0) is 23.6. The molecule has 5 N–H and O–H groups in total. The van der Waals surface area contributed by atoms with E-state index < -0.39 is 0 Å². The van der Waals surface area contributed by atoms with Crippen LogP contribution in [0.4, 0.5) is 0 Å². The lowest BCUT2D eigenvalue weighted by atomic mass is 10.00. The number of hydrogen-bond acceptors (Lipinski definition) is 5. The van der Waals surface area contributed by atoms with Gasteiger partial charge in [0.1, 0.15) is 0 Å². The van der Waals surface area contributed by atoms with E-state index in [2.05, 4.69) is 89.2 Å². The van der Waals surface area contributed by atoms with Crippen molar-refractivity contribution in [1.29, 1.82) is 0 Å². The summed E-state index contributed by atoms with van der Waals surface area (Å²) >= 11 is 0. The van der Waals surface area contributed by atoms with E-state index in [9.17, 15) is 0 Å². The first-order chi connectivity index (χ1) is 16.7. The van der Waals surface area contributed by atoms with Crippen molar-refractivity contribution in [2.45, 2.75) is 19.5 Å². The van der Waals surface area contributed by atoms with Crippen molar-refractivity contribution in [2.24, 2.45) is 11.6 Å². The molecule has 0 spiro atoms. The molecular weight excluding hydrogens is 418 g/mol. The van der Waals surface area contributed by atoms with Gasteiger partial charge in [0.15, 0.2) is 0 Å². The summed E-state index contributed by atoms with van der Waals surface area (Å²) in [5, 5.41) is 5.19. The average molecular weight is 450 g/mol. The molecule has 0 aliphatic rings. The Labute approximate surface area is 201 Å². The lowest BCUT2D eigenvalue weighted by Gasteiger charge is -2.15. The maximum Gasteiger partial charge on any atom is 0.0586 e. The lowest BCUT2D eigenvalue weighted by molar-refractivity contribution is 0.388. The fraction of sp³-hybridized carbons (Fsp3) is 0.138. The van der Waals surface area contributed by atoms with Crippen molar-refractivity contribution in [3.05, 3.63) is 132 Å². The number of aromatic nitrogens is 1. The first-order valence-electron chi connectivity index (χ1n) is 11.5. The van der Waals surface area contributed by atoms with Gasteiger partial charge >= 0.3 is 0 Å². The summed E-state index contributed by atoms with van der Waals surface area (Å²) in [6.07, 6.45) is 6.15. The number of nitrogens with two attached hydrogens (primary N) is 2. The highest BCUT2D eigenvalue weighted by atomic mass is 15.4. The molecule has 3 aromatic carbocycles. The molecule has 0 unspecified atom stereocenters. The molecule has 1 aromatic heterocycles. The van der Waals surface area contributed by atoms with Crippen LogP contribution < -0.4 is 16.9 Å². The van der Waals surface area contributed by atoms with Crippen LogP contribution in [-0.4, -0.2) is 16.5 Å². The summed E-state index contributed by atoms with van der Waals surface area (Å²) in [5.41, 5.74) is 13.8. The molecule has 172 valence electrons. The number of hydrazine groups is 1. The average Bonchev–Trinajstić information content (AvgIpc) is 2.89. The first kappa shape index (κ1) is 23.2. The summed E-state index contributed by atoms with van der Waals surface area (Å²) < 4.78 is 0. The number of nitrogens with zero attached hydrogens (tertiary/aromatic N) is 2. The molecule has 0 amide bonds. The van der Waals surface area contributed by atoms with Crippen LogP contribution in [0.2, 0.25) is 0 Å². The number of rotatable bonds is 10. The third-order valence-corrected chi connectivity index (χ3v) is 5.70. The van der Waals surface area contributed by atoms with Crippen LogP contribution in [0.15, 0.2) is 110 Å². The van der Waals surface area contributed by atoms with Gasteiger partial charge in [-0.2, -0.15) is 0 Å². The Balaban J connectivity index is 1.26. The summed E-state index contributed by atoms with van der Waals surface area (Å²) in [7, 11) is 0. The quantitative estimate of drug-likeness (QED) is 0.186. The van der Waals surface area contributed by atoms with Crippen LogP contribution in [0.1, 0.15) is 22.3 Å². The second-order valence-corrected chi connectivity index (χ2v) is 8.26. The maximum absolute atomic E-state index is 6.14. The molecule has 0 radical (unpaired) electrons. The number of benzene rings is 3. The van der Waals surface area contributed by atoms with Crippen LogP contribution in [0.25, 0.3) is 16.8 Å². The number of hydrogen-bond donors (Lipinski definition) is 3. The topological polar surface area (TPSA) is 80.2 Å². The molecule has 4 rings (SSSR count). The molecule has 5 nitrogen and oxygen atoms in total. The van der Waals surface area contributed by atoms with E-state index in [0.29, 0.717) is 12.2 Å². The van der Waals surface area contributed by atoms with Gasteiger partial charge in [0.2, 0.25) is 0 Å². The van der Waals surface area contributed by atoms with E-state index in [1.165, 1.54) is 22.3 Å². The Morgan fingerprint density at radius 1 is 0.853 bits per heavy atom. The minimum absolute atomic E-state index is 0.579. The SMILES string of the molecule is N/C(=C\N(N)Cc1ccc(CCNCc2ccccc2-c2ccccc2)cc1)c1cccnc1. The Kier molecular flexibility index (Phi) is 8.06. The van der Waals surface area contributed by atoms with Crippen LogP contribution in [-0.2, 0) is 19.5 Å². The molecule has 0 saturated carbocycles. The molecular formula is C29H31N5. The monoisotopic (exact) mass is 449 g/mol. The van der Waals surface area contributed by atoms with Gasteiger partial charge in [0, 0.05) is 30.7 Å². The van der Waals surface area contributed by atoms with Crippen molar-refractivity contribution in [2.75, 3.05) is 6.54 Å². The molecule has 0 aliphatic carbocycles. The third kappa shape index (κ3) is 6.54. The van der Waals surface area contributed by atoms with E-state index in [1.54, 1.807) is 23.6 Å². The lowest BCUT2D eigenvalue weighted by Crippen LogP contribution is -2.25. The summed E-state index contributed by atoms with van der Waals surface area (Å²) in [6.45, 7) is 2.33. The van der Waals surface area contributed by atoms with E-state index in [1.807, 2.05) is 12.1 Å². The second kappa shape index (κ2) is 11.8. The molecule has 0 fully saturated rings. The standard InChI is InChI=1S/C29H31N5/c30-29(27-10-6-17-32-20-27)22-34(31)21-24-14-12-23(13-15-24)16-18-33-19-26-9-4-5-11-28(26)25-7-2-1-3-8-25/h1-15,17,20,22,33H,16,18-19,21,30-31H2/b29-22-. The van der Waals surface area contributed by atoms with E-state index in [-0.39, 0.29) is 0 Å². The highest BCUT2D eigenvalue weighted by Crippen LogP contribution is 2.23. The van der Waals surface area contributed by atoms with Crippen molar-refractivity contribution >= 4 is 5.70 Å². The molecule has 1 heterocycles. The first-order valence-corrected chi connectivity index (χ1v) is 11.5. The highest BCUT2D eigenvalue weighted by molar-refractivity contribution is 5.67. The maximum atomic E-state index is 6.14. The van der Waals surface area contributed by atoms with Gasteiger partial charge in [-0.05, 0) is 52.9 Å². The smallest absolute Gasteiger partial charge is 0.0586 e. The van der Waals surface area contributed by atoms with E-state index in [4.69, 9.17) is 11.6 Å². The van der Waals surface area contributed by atoms with Crippen LogP contribution in [0.3, 0.4) is 0 Å². The molecule has 5 heteroatoms. The fourth-order valence-electron chi connectivity index (χ4n) is 3.88. The van der Waals surface area contributed by atoms with E-state index >= 15 is 0 Å². The van der Waals surface area contributed by atoms with Gasteiger partial charge < -0.3 is 16.1 Å². The molecule has 0 bridgehead atoms. The van der Waals surface area contributed by atoms with Crippen molar-refractivity contribution in [1.82, 2.24) is 15.3 Å². The zero-order valence-corrected chi connectivity index (χ0v) is 19.3. The van der Waals surface area contributed by atoms with Gasteiger partial charge in [-0.15, -0.1) is 0 Å². The van der Waals surface area contributed by atoms with Crippen LogP contribution in [0.5, 0.6) is 0 Å². The Morgan fingerprint density at radius 2 is 1.59 bits per heavy atom.